The quantitative estimate of drug-likeness (QED) is 0.457. The SMILES string of the molecule is N#Cc1c(I)c(O)c(O)c(O)c1I. The molecule has 0 atom stereocenters. The summed E-state index contributed by atoms with van der Waals surface area (Å²) < 4.78 is 0.472. The summed E-state index contributed by atoms with van der Waals surface area (Å²) >= 11 is 3.45. The lowest BCUT2D eigenvalue weighted by molar-refractivity contribution is 0.364. The number of nitriles is 1. The normalized spacial score (nSPS) is 9.62. The number of nitrogens with zero attached hydrogens (tertiary/aromatic N) is 1. The summed E-state index contributed by atoms with van der Waals surface area (Å²) in [6.07, 6.45) is 0. The first-order valence-corrected chi connectivity index (χ1v) is 5.18. The Kier molecular flexibility index (Phi) is 3.07. The molecule has 0 aliphatic heterocycles. The van der Waals surface area contributed by atoms with Gasteiger partial charge in [-0.05, 0) is 45.2 Å². The van der Waals surface area contributed by atoms with E-state index < -0.39 is 17.2 Å². The second-order valence-corrected chi connectivity index (χ2v) is 4.32. The van der Waals surface area contributed by atoms with Crippen LogP contribution in [-0.2, 0) is 0 Å². The van der Waals surface area contributed by atoms with Crippen LogP contribution in [0.25, 0.3) is 0 Å². The molecule has 3 N–H and O–H groups in total. The fourth-order valence-electron chi connectivity index (χ4n) is 0.751. The molecular weight excluding hydrogens is 400 g/mol. The predicted molar refractivity (Wildman–Crippen MR) is 61.6 cm³/mol. The van der Waals surface area contributed by atoms with E-state index in [1.807, 2.05) is 6.07 Å². The summed E-state index contributed by atoms with van der Waals surface area (Å²) in [6.45, 7) is 0. The van der Waals surface area contributed by atoms with E-state index >= 15 is 0 Å². The second-order valence-electron chi connectivity index (χ2n) is 2.16. The van der Waals surface area contributed by atoms with Gasteiger partial charge in [0.2, 0.25) is 5.75 Å². The highest BCUT2D eigenvalue weighted by molar-refractivity contribution is 14.1. The van der Waals surface area contributed by atoms with E-state index in [1.54, 1.807) is 45.2 Å². The molecule has 0 aliphatic rings. The Morgan fingerprint density at radius 2 is 1.31 bits per heavy atom. The van der Waals surface area contributed by atoms with Gasteiger partial charge in [0.25, 0.3) is 0 Å². The molecule has 0 aliphatic carbocycles. The molecule has 0 bridgehead atoms. The van der Waals surface area contributed by atoms with Crippen LogP contribution in [0.1, 0.15) is 5.56 Å². The van der Waals surface area contributed by atoms with E-state index in [2.05, 4.69) is 0 Å². The molecule has 1 rings (SSSR count). The van der Waals surface area contributed by atoms with Crippen LogP contribution in [-0.4, -0.2) is 15.3 Å². The zero-order chi connectivity index (χ0) is 10.2. The van der Waals surface area contributed by atoms with Crippen molar-refractivity contribution in [3.8, 4) is 23.3 Å². The van der Waals surface area contributed by atoms with Crippen molar-refractivity contribution in [2.45, 2.75) is 0 Å². The minimum absolute atomic E-state index is 0.161. The number of rotatable bonds is 0. The van der Waals surface area contributed by atoms with Gasteiger partial charge in [0, 0.05) is 0 Å². The van der Waals surface area contributed by atoms with Gasteiger partial charge in [-0.3, -0.25) is 0 Å². The van der Waals surface area contributed by atoms with Crippen molar-refractivity contribution in [3.63, 3.8) is 0 Å². The lowest BCUT2D eigenvalue weighted by Crippen LogP contribution is -1.89. The smallest absolute Gasteiger partial charge is 0.202 e. The van der Waals surface area contributed by atoms with Crippen LogP contribution in [0.15, 0.2) is 0 Å². The maximum atomic E-state index is 9.25. The molecule has 0 spiro atoms. The standard InChI is InChI=1S/C7H3I2NO3/c8-3-2(1-10)4(9)6(12)7(13)5(3)11/h11-13H. The van der Waals surface area contributed by atoms with Crippen molar-refractivity contribution < 1.29 is 15.3 Å². The topological polar surface area (TPSA) is 84.5 Å². The van der Waals surface area contributed by atoms with Crippen LogP contribution in [0, 0.1) is 18.5 Å². The van der Waals surface area contributed by atoms with Gasteiger partial charge >= 0.3 is 0 Å². The number of benzene rings is 1. The fourth-order valence-corrected chi connectivity index (χ4v) is 2.56. The Balaban J connectivity index is 3.69. The number of phenolic OH excluding ortho intramolecular Hbond substituents is 3. The summed E-state index contributed by atoms with van der Waals surface area (Å²) in [4.78, 5) is 0. The van der Waals surface area contributed by atoms with Crippen LogP contribution in [0.4, 0.5) is 0 Å². The zero-order valence-electron chi connectivity index (χ0n) is 6.04. The van der Waals surface area contributed by atoms with E-state index in [1.165, 1.54) is 0 Å². The van der Waals surface area contributed by atoms with Crippen molar-refractivity contribution in [2.75, 3.05) is 0 Å². The Morgan fingerprint density at radius 1 is 0.923 bits per heavy atom. The fraction of sp³-hybridized carbons (Fsp3) is 0. The highest BCUT2D eigenvalue weighted by Crippen LogP contribution is 2.43. The van der Waals surface area contributed by atoms with Gasteiger partial charge in [0.1, 0.15) is 6.07 Å². The summed E-state index contributed by atoms with van der Waals surface area (Å²) in [5.74, 6) is -1.52. The molecule has 0 unspecified atom stereocenters. The van der Waals surface area contributed by atoms with Gasteiger partial charge in [0.05, 0.1) is 12.7 Å². The van der Waals surface area contributed by atoms with Gasteiger partial charge in [-0.2, -0.15) is 5.26 Å². The number of aromatic hydroxyl groups is 3. The van der Waals surface area contributed by atoms with E-state index in [4.69, 9.17) is 10.4 Å². The van der Waals surface area contributed by atoms with E-state index in [-0.39, 0.29) is 12.7 Å². The average Bonchev–Trinajstić information content (AvgIpc) is 2.13. The number of hydrogen-bond acceptors (Lipinski definition) is 4. The van der Waals surface area contributed by atoms with Gasteiger partial charge in [-0.1, -0.05) is 0 Å². The second kappa shape index (κ2) is 3.75. The Bertz CT molecular complexity index is 382. The first-order valence-electron chi connectivity index (χ1n) is 3.02. The summed E-state index contributed by atoms with van der Waals surface area (Å²) in [7, 11) is 0. The first kappa shape index (κ1) is 10.6. The number of phenols is 3. The Labute approximate surface area is 101 Å². The average molecular weight is 403 g/mol. The molecule has 0 saturated heterocycles. The van der Waals surface area contributed by atoms with Gasteiger partial charge < -0.3 is 15.3 Å². The molecule has 0 amide bonds. The summed E-state index contributed by atoms with van der Waals surface area (Å²) in [5, 5.41) is 36.3. The maximum Gasteiger partial charge on any atom is 0.202 e. The van der Waals surface area contributed by atoms with Crippen molar-refractivity contribution in [3.05, 3.63) is 12.7 Å². The zero-order valence-corrected chi connectivity index (χ0v) is 10.4. The molecule has 0 radical (unpaired) electrons. The molecule has 0 fully saturated rings. The molecule has 0 heterocycles. The molecular formula is C7H3I2NO3. The highest BCUT2D eigenvalue weighted by Gasteiger charge is 2.19. The maximum absolute atomic E-state index is 9.25. The minimum Gasteiger partial charge on any atom is -0.503 e. The molecule has 6 heteroatoms. The van der Waals surface area contributed by atoms with Crippen molar-refractivity contribution >= 4 is 45.2 Å². The molecule has 1 aromatic carbocycles. The third kappa shape index (κ3) is 1.62. The predicted octanol–water partition coefficient (Wildman–Crippen LogP) is 1.88. The van der Waals surface area contributed by atoms with Crippen molar-refractivity contribution in [2.24, 2.45) is 0 Å². The molecule has 13 heavy (non-hydrogen) atoms. The molecule has 68 valence electrons. The van der Waals surface area contributed by atoms with Crippen LogP contribution < -0.4 is 0 Å². The Hall–Kier alpha value is -0.430. The van der Waals surface area contributed by atoms with Crippen LogP contribution in [0.5, 0.6) is 17.2 Å². The van der Waals surface area contributed by atoms with Gasteiger partial charge in [-0.25, -0.2) is 0 Å². The minimum atomic E-state index is -0.590. The summed E-state index contributed by atoms with van der Waals surface area (Å²) in [5.41, 5.74) is 0.161. The first-order chi connectivity index (χ1) is 6.00. The molecule has 0 aromatic heterocycles. The number of halogens is 2. The van der Waals surface area contributed by atoms with Gasteiger partial charge in [0.15, 0.2) is 11.5 Å². The molecule has 0 saturated carbocycles. The van der Waals surface area contributed by atoms with Crippen molar-refractivity contribution in [1.29, 1.82) is 5.26 Å². The third-order valence-electron chi connectivity index (χ3n) is 1.42. The van der Waals surface area contributed by atoms with Crippen LogP contribution in [0.2, 0.25) is 0 Å². The lowest BCUT2D eigenvalue weighted by atomic mass is 10.2. The molecule has 4 nitrogen and oxygen atoms in total. The van der Waals surface area contributed by atoms with Crippen LogP contribution >= 0.6 is 45.2 Å². The number of hydrogen-bond donors (Lipinski definition) is 3. The molecule has 1 aromatic rings. The largest absolute Gasteiger partial charge is 0.503 e. The van der Waals surface area contributed by atoms with Crippen molar-refractivity contribution in [1.82, 2.24) is 0 Å². The van der Waals surface area contributed by atoms with E-state index in [0.29, 0.717) is 0 Å². The van der Waals surface area contributed by atoms with E-state index in [0.717, 1.165) is 0 Å². The Morgan fingerprint density at radius 3 is 1.62 bits per heavy atom. The van der Waals surface area contributed by atoms with Crippen LogP contribution in [0.3, 0.4) is 0 Å². The van der Waals surface area contributed by atoms with Gasteiger partial charge in [-0.15, -0.1) is 0 Å². The monoisotopic (exact) mass is 403 g/mol. The third-order valence-corrected chi connectivity index (χ3v) is 3.52. The lowest BCUT2D eigenvalue weighted by Gasteiger charge is -2.07. The summed E-state index contributed by atoms with van der Waals surface area (Å²) in [6, 6.07) is 1.83. The highest BCUT2D eigenvalue weighted by atomic mass is 127. The van der Waals surface area contributed by atoms with E-state index in [9.17, 15) is 10.2 Å².